The highest BCUT2D eigenvalue weighted by Crippen LogP contribution is 2.41. The number of piperazine rings is 1. The van der Waals surface area contributed by atoms with E-state index in [0.29, 0.717) is 18.4 Å². The Hall–Kier alpha value is -1.38. The van der Waals surface area contributed by atoms with Crippen molar-refractivity contribution in [1.29, 1.82) is 0 Å². The van der Waals surface area contributed by atoms with Crippen LogP contribution in [-0.2, 0) is 14.3 Å². The smallest absolute Gasteiger partial charge is 0.410 e. The van der Waals surface area contributed by atoms with Crippen LogP contribution in [0.5, 0.6) is 0 Å². The molecule has 5 aliphatic rings. The molecule has 0 aromatic rings. The van der Waals surface area contributed by atoms with E-state index in [9.17, 15) is 9.59 Å². The Balaban J connectivity index is 1.28. The van der Waals surface area contributed by atoms with Crippen LogP contribution < -0.4 is 5.43 Å². The van der Waals surface area contributed by atoms with Gasteiger partial charge in [-0.25, -0.2) is 9.80 Å². The van der Waals surface area contributed by atoms with Gasteiger partial charge < -0.3 is 19.3 Å². The van der Waals surface area contributed by atoms with Gasteiger partial charge in [0.05, 0.1) is 18.2 Å². The number of carbonyl (C=O) groups is 2. The van der Waals surface area contributed by atoms with Gasteiger partial charge in [0.25, 0.3) is 0 Å². The Morgan fingerprint density at radius 3 is 2.42 bits per heavy atom. The lowest BCUT2D eigenvalue weighted by molar-refractivity contribution is -0.143. The van der Waals surface area contributed by atoms with Crippen LogP contribution in [0.25, 0.3) is 0 Å². The number of amides is 2. The average Bonchev–Trinajstić information content (AvgIpc) is 3.54. The van der Waals surface area contributed by atoms with E-state index >= 15 is 0 Å². The van der Waals surface area contributed by atoms with Gasteiger partial charge in [-0.1, -0.05) is 0 Å². The molecular formula is C25H42N4O4. The van der Waals surface area contributed by atoms with E-state index in [-0.39, 0.29) is 42.3 Å². The average molecular weight is 463 g/mol. The van der Waals surface area contributed by atoms with E-state index < -0.39 is 0 Å². The lowest BCUT2D eigenvalue weighted by Crippen LogP contribution is -2.67. The normalized spacial score (nSPS) is 39.9. The molecule has 7 atom stereocenters. The van der Waals surface area contributed by atoms with Crippen molar-refractivity contribution in [2.24, 2.45) is 11.8 Å². The molecule has 2 heterocycles. The summed E-state index contributed by atoms with van der Waals surface area (Å²) in [7, 11) is 1.74. The predicted molar refractivity (Wildman–Crippen MR) is 124 cm³/mol. The van der Waals surface area contributed by atoms with Crippen LogP contribution in [0.4, 0.5) is 4.79 Å². The first-order valence-electron chi connectivity index (χ1n) is 13.2. The molecule has 6 unspecified atom stereocenters. The number of fused-ring (bicyclic) bond motifs is 1. The summed E-state index contributed by atoms with van der Waals surface area (Å²) in [6, 6.07) is 0.896. The van der Waals surface area contributed by atoms with Gasteiger partial charge in [0.1, 0.15) is 6.10 Å². The van der Waals surface area contributed by atoms with Crippen molar-refractivity contribution < 1.29 is 19.1 Å². The number of hydrogen-bond acceptors (Lipinski definition) is 6. The highest BCUT2D eigenvalue weighted by molar-refractivity contribution is 5.75. The van der Waals surface area contributed by atoms with Crippen molar-refractivity contribution in [3.05, 3.63) is 0 Å². The molecule has 2 amide bonds. The zero-order valence-electron chi connectivity index (χ0n) is 20.6. The molecule has 8 nitrogen and oxygen atoms in total. The van der Waals surface area contributed by atoms with Crippen LogP contribution in [0, 0.1) is 11.8 Å². The molecule has 0 bridgehead atoms. The number of hydrogen-bond donors (Lipinski definition) is 1. The van der Waals surface area contributed by atoms with Crippen LogP contribution in [0.15, 0.2) is 0 Å². The molecule has 0 aromatic carbocycles. The van der Waals surface area contributed by atoms with Gasteiger partial charge in [-0.05, 0) is 70.1 Å². The largest absolute Gasteiger partial charge is 0.446 e. The Bertz CT molecular complexity index is 731. The molecule has 3 saturated carbocycles. The van der Waals surface area contributed by atoms with Crippen molar-refractivity contribution in [3.63, 3.8) is 0 Å². The van der Waals surface area contributed by atoms with E-state index in [1.165, 1.54) is 12.8 Å². The number of carbonyl (C=O) groups excluding carboxylic acids is 2. The summed E-state index contributed by atoms with van der Waals surface area (Å²) in [4.78, 5) is 30.0. The molecule has 2 aliphatic heterocycles. The third-order valence-electron chi connectivity index (χ3n) is 8.93. The fraction of sp³-hybridized carbons (Fsp3) is 0.920. The third kappa shape index (κ3) is 4.89. The first kappa shape index (κ1) is 23.4. The SMILES string of the molecule is COC1CCCC(OC(=O)N2C[C@H](C)N(C(C)=O)C3CCC(C4CNN(C5CC5)C4)CC32)C1. The van der Waals surface area contributed by atoms with Crippen LogP contribution in [0.1, 0.15) is 71.6 Å². The second-order valence-electron chi connectivity index (χ2n) is 11.2. The Morgan fingerprint density at radius 2 is 1.70 bits per heavy atom. The van der Waals surface area contributed by atoms with Gasteiger partial charge in [-0.3, -0.25) is 10.2 Å². The summed E-state index contributed by atoms with van der Waals surface area (Å²) in [6.07, 6.45) is 9.38. The van der Waals surface area contributed by atoms with E-state index in [1.807, 2.05) is 4.90 Å². The van der Waals surface area contributed by atoms with E-state index in [4.69, 9.17) is 9.47 Å². The van der Waals surface area contributed by atoms with Crippen molar-refractivity contribution in [2.45, 2.75) is 108 Å². The van der Waals surface area contributed by atoms with E-state index in [2.05, 4.69) is 22.3 Å². The molecule has 33 heavy (non-hydrogen) atoms. The zero-order valence-corrected chi connectivity index (χ0v) is 20.6. The standard InChI is InChI=1S/C25H42N4O4/c1-16-14-27(25(31)33-22-6-4-5-21(12-22)32-3)24-11-18(7-10-23(24)29(16)17(2)30)19-13-26-28(15-19)20-8-9-20/h16,18-24,26H,4-15H2,1-3H3/t16-,18?,19?,21?,22?,23?,24?/m0/s1. The lowest BCUT2D eigenvalue weighted by Gasteiger charge is -2.54. The minimum atomic E-state index is -0.188. The van der Waals surface area contributed by atoms with Crippen LogP contribution in [-0.4, -0.2) is 89.9 Å². The number of rotatable bonds is 4. The molecule has 0 radical (unpaired) electrons. The quantitative estimate of drug-likeness (QED) is 0.693. The number of methoxy groups -OCH3 is 1. The zero-order chi connectivity index (χ0) is 23.1. The van der Waals surface area contributed by atoms with Gasteiger partial charge in [-0.15, -0.1) is 0 Å². The number of nitrogens with one attached hydrogen (secondary N) is 1. The maximum atomic E-state index is 13.5. The molecule has 3 aliphatic carbocycles. The maximum Gasteiger partial charge on any atom is 0.410 e. The molecule has 2 saturated heterocycles. The van der Waals surface area contributed by atoms with Crippen LogP contribution >= 0.6 is 0 Å². The number of hydrazine groups is 1. The summed E-state index contributed by atoms with van der Waals surface area (Å²) in [6.45, 7) is 6.46. The summed E-state index contributed by atoms with van der Waals surface area (Å²) in [5.41, 5.74) is 3.62. The van der Waals surface area contributed by atoms with Gasteiger partial charge in [0.15, 0.2) is 0 Å². The second-order valence-corrected chi connectivity index (χ2v) is 11.2. The Morgan fingerprint density at radius 1 is 0.909 bits per heavy atom. The minimum Gasteiger partial charge on any atom is -0.446 e. The predicted octanol–water partition coefficient (Wildman–Crippen LogP) is 2.77. The summed E-state index contributed by atoms with van der Waals surface area (Å²) in [5.74, 6) is 1.32. The minimum absolute atomic E-state index is 0.0180. The fourth-order valence-electron chi connectivity index (χ4n) is 7.07. The first-order valence-corrected chi connectivity index (χ1v) is 13.2. The molecule has 5 rings (SSSR count). The topological polar surface area (TPSA) is 74.3 Å². The van der Waals surface area contributed by atoms with Crippen molar-refractivity contribution in [1.82, 2.24) is 20.2 Å². The Labute approximate surface area is 198 Å². The number of ether oxygens (including phenoxy) is 2. The van der Waals surface area contributed by atoms with E-state index in [0.717, 1.165) is 64.1 Å². The monoisotopic (exact) mass is 462 g/mol. The molecule has 8 heteroatoms. The van der Waals surface area contributed by atoms with Gasteiger partial charge in [0.2, 0.25) is 5.91 Å². The number of nitrogens with zero attached hydrogens (tertiary/aromatic N) is 3. The fourth-order valence-corrected chi connectivity index (χ4v) is 7.07. The summed E-state index contributed by atoms with van der Waals surface area (Å²) < 4.78 is 11.6. The molecule has 1 N–H and O–H groups in total. The molecule has 5 fully saturated rings. The Kier molecular flexibility index (Phi) is 6.87. The van der Waals surface area contributed by atoms with Gasteiger partial charge >= 0.3 is 6.09 Å². The summed E-state index contributed by atoms with van der Waals surface area (Å²) >= 11 is 0. The van der Waals surface area contributed by atoms with E-state index in [1.54, 1.807) is 14.0 Å². The third-order valence-corrected chi connectivity index (χ3v) is 8.93. The molecule has 186 valence electrons. The van der Waals surface area contributed by atoms with Gasteiger partial charge in [0, 0.05) is 52.2 Å². The molecule has 0 aromatic heterocycles. The van der Waals surface area contributed by atoms with Gasteiger partial charge in [-0.2, -0.15) is 0 Å². The van der Waals surface area contributed by atoms with Crippen molar-refractivity contribution in [3.8, 4) is 0 Å². The van der Waals surface area contributed by atoms with Crippen LogP contribution in [0.3, 0.4) is 0 Å². The second kappa shape index (κ2) is 9.70. The van der Waals surface area contributed by atoms with Crippen molar-refractivity contribution >= 4 is 12.0 Å². The highest BCUT2D eigenvalue weighted by atomic mass is 16.6. The highest BCUT2D eigenvalue weighted by Gasteiger charge is 2.49. The summed E-state index contributed by atoms with van der Waals surface area (Å²) in [5, 5.41) is 2.45. The van der Waals surface area contributed by atoms with Crippen molar-refractivity contribution in [2.75, 3.05) is 26.7 Å². The maximum absolute atomic E-state index is 13.5. The molecule has 0 spiro atoms. The molecular weight excluding hydrogens is 420 g/mol. The first-order chi connectivity index (χ1) is 15.9. The lowest BCUT2D eigenvalue weighted by atomic mass is 9.73. The van der Waals surface area contributed by atoms with Crippen LogP contribution in [0.2, 0.25) is 0 Å².